The highest BCUT2D eigenvalue weighted by Crippen LogP contribution is 2.24. The van der Waals surface area contributed by atoms with Crippen LogP contribution in [0, 0.1) is 6.92 Å². The molecule has 0 spiro atoms. The number of amides is 2. The van der Waals surface area contributed by atoms with Crippen molar-refractivity contribution in [2.24, 2.45) is 0 Å². The fraction of sp³-hybridized carbons (Fsp3) is 0.200. The van der Waals surface area contributed by atoms with Gasteiger partial charge in [-0.25, -0.2) is 0 Å². The number of anilines is 1. The summed E-state index contributed by atoms with van der Waals surface area (Å²) in [5, 5.41) is 4.85. The fourth-order valence-electron chi connectivity index (χ4n) is 1.29. The van der Waals surface area contributed by atoms with Gasteiger partial charge in [-0.3, -0.25) is 14.9 Å². The predicted molar refractivity (Wildman–Crippen MR) is 64.7 cm³/mol. The van der Waals surface area contributed by atoms with Gasteiger partial charge in [-0.15, -0.1) is 0 Å². The van der Waals surface area contributed by atoms with Crippen molar-refractivity contribution in [3.8, 4) is 0 Å². The van der Waals surface area contributed by atoms with Crippen LogP contribution < -0.4 is 10.6 Å². The van der Waals surface area contributed by atoms with Crippen molar-refractivity contribution in [1.29, 1.82) is 0 Å². The molecule has 84 valence electrons. The highest BCUT2D eigenvalue weighted by molar-refractivity contribution is 8.15. The van der Waals surface area contributed by atoms with Crippen molar-refractivity contribution < 1.29 is 9.59 Å². The Morgan fingerprint density at radius 2 is 2.19 bits per heavy atom. The summed E-state index contributed by atoms with van der Waals surface area (Å²) >= 11 is 6.87. The fourth-order valence-corrected chi connectivity index (χ4v) is 2.20. The summed E-state index contributed by atoms with van der Waals surface area (Å²) in [6, 6.07) is 5.40. The number of rotatable bonds is 2. The smallest absolute Gasteiger partial charge is 0.288 e. The van der Waals surface area contributed by atoms with E-state index in [2.05, 4.69) is 10.6 Å². The van der Waals surface area contributed by atoms with Gasteiger partial charge in [0.25, 0.3) is 11.1 Å². The third-order valence-corrected chi connectivity index (χ3v) is 3.45. The Hall–Kier alpha value is -1.20. The van der Waals surface area contributed by atoms with Crippen LogP contribution >= 0.6 is 23.4 Å². The zero-order valence-electron chi connectivity index (χ0n) is 8.41. The molecule has 1 aliphatic heterocycles. The number of thioether (sulfide) groups is 1. The summed E-state index contributed by atoms with van der Waals surface area (Å²) in [5.74, 6) is -0.327. The van der Waals surface area contributed by atoms with Crippen LogP contribution in [0.3, 0.4) is 0 Å². The number of hydrogen-bond donors (Lipinski definition) is 2. The normalized spacial score (nSPS) is 19.8. The molecular formula is C10H9ClN2O2S. The second-order valence-corrected chi connectivity index (χ2v) is 4.87. The van der Waals surface area contributed by atoms with E-state index >= 15 is 0 Å². The van der Waals surface area contributed by atoms with Crippen molar-refractivity contribution in [3.63, 3.8) is 0 Å². The van der Waals surface area contributed by atoms with Gasteiger partial charge in [-0.05, 0) is 36.4 Å². The van der Waals surface area contributed by atoms with E-state index in [0.29, 0.717) is 5.02 Å². The summed E-state index contributed by atoms with van der Waals surface area (Å²) in [6.07, 6.45) is 0. The van der Waals surface area contributed by atoms with Crippen molar-refractivity contribution in [3.05, 3.63) is 28.8 Å². The molecule has 0 unspecified atom stereocenters. The topological polar surface area (TPSA) is 58.2 Å². The van der Waals surface area contributed by atoms with E-state index in [9.17, 15) is 9.59 Å². The van der Waals surface area contributed by atoms with Crippen LogP contribution in [-0.4, -0.2) is 16.5 Å². The maximum atomic E-state index is 11.3. The minimum atomic E-state index is -0.578. The van der Waals surface area contributed by atoms with E-state index in [1.54, 1.807) is 6.07 Å². The van der Waals surface area contributed by atoms with E-state index in [0.717, 1.165) is 23.0 Å². The number of carbonyl (C=O) groups is 2. The van der Waals surface area contributed by atoms with Gasteiger partial charge in [-0.2, -0.15) is 0 Å². The maximum absolute atomic E-state index is 11.3. The molecule has 0 aliphatic carbocycles. The second-order valence-electron chi connectivity index (χ2n) is 3.38. The molecule has 2 amide bonds. The molecule has 6 heteroatoms. The molecule has 1 atom stereocenters. The lowest BCUT2D eigenvalue weighted by Crippen LogP contribution is -2.29. The Morgan fingerprint density at radius 1 is 1.44 bits per heavy atom. The summed E-state index contributed by atoms with van der Waals surface area (Å²) in [6.45, 7) is 1.90. The zero-order chi connectivity index (χ0) is 11.7. The number of halogens is 1. The summed E-state index contributed by atoms with van der Waals surface area (Å²) < 4.78 is 0. The Balaban J connectivity index is 2.12. The van der Waals surface area contributed by atoms with Gasteiger partial charge in [-0.1, -0.05) is 17.7 Å². The molecule has 2 rings (SSSR count). The highest BCUT2D eigenvalue weighted by Gasteiger charge is 2.31. The van der Waals surface area contributed by atoms with Gasteiger partial charge in [0.1, 0.15) is 0 Å². The summed E-state index contributed by atoms with van der Waals surface area (Å²) in [7, 11) is 0. The Labute approximate surface area is 102 Å². The van der Waals surface area contributed by atoms with E-state index in [4.69, 9.17) is 11.6 Å². The van der Waals surface area contributed by atoms with Crippen LogP contribution in [0.15, 0.2) is 18.2 Å². The quantitative estimate of drug-likeness (QED) is 0.853. The molecule has 0 saturated carbocycles. The van der Waals surface area contributed by atoms with Crippen LogP contribution in [0.25, 0.3) is 0 Å². The maximum Gasteiger partial charge on any atom is 0.288 e. The molecule has 1 heterocycles. The van der Waals surface area contributed by atoms with Crippen LogP contribution in [0.2, 0.25) is 5.02 Å². The second kappa shape index (κ2) is 4.35. The molecule has 1 aromatic carbocycles. The van der Waals surface area contributed by atoms with Gasteiger partial charge in [0.2, 0.25) is 0 Å². The van der Waals surface area contributed by atoms with Crippen molar-refractivity contribution in [1.82, 2.24) is 5.32 Å². The Bertz CT molecular complexity index is 464. The van der Waals surface area contributed by atoms with Crippen molar-refractivity contribution >= 4 is 40.2 Å². The molecule has 1 aromatic rings. The minimum absolute atomic E-state index is 0.327. The molecular weight excluding hydrogens is 248 g/mol. The molecule has 1 aliphatic rings. The van der Waals surface area contributed by atoms with Crippen molar-refractivity contribution in [2.45, 2.75) is 12.3 Å². The van der Waals surface area contributed by atoms with E-state index in [-0.39, 0.29) is 11.1 Å². The third kappa shape index (κ3) is 2.31. The number of hydrogen-bond acceptors (Lipinski definition) is 4. The first kappa shape index (κ1) is 11.3. The van der Waals surface area contributed by atoms with Crippen LogP contribution in [0.4, 0.5) is 10.5 Å². The lowest BCUT2D eigenvalue weighted by atomic mass is 10.2. The van der Waals surface area contributed by atoms with E-state index in [1.165, 1.54) is 0 Å². The monoisotopic (exact) mass is 256 g/mol. The third-order valence-electron chi connectivity index (χ3n) is 2.16. The average Bonchev–Trinajstić information content (AvgIpc) is 2.51. The Kier molecular flexibility index (Phi) is 3.07. The molecule has 1 fully saturated rings. The number of benzene rings is 1. The van der Waals surface area contributed by atoms with E-state index < -0.39 is 5.37 Å². The number of imide groups is 1. The van der Waals surface area contributed by atoms with Gasteiger partial charge < -0.3 is 5.32 Å². The summed E-state index contributed by atoms with van der Waals surface area (Å²) in [4.78, 5) is 22.2. The lowest BCUT2D eigenvalue weighted by Gasteiger charge is -2.10. The molecule has 0 aromatic heterocycles. The van der Waals surface area contributed by atoms with Gasteiger partial charge in [0.15, 0.2) is 5.37 Å². The standard InChI is InChI=1S/C10H9ClN2O2S/c1-5-2-3-6(4-7(5)11)12-9-8(14)13-10(15)16-9/h2-4,9,12H,1H3,(H,13,14,15)/t9-/m0/s1. The first-order valence-corrected chi connectivity index (χ1v) is 5.86. The average molecular weight is 257 g/mol. The van der Waals surface area contributed by atoms with Gasteiger partial charge in [0.05, 0.1) is 0 Å². The van der Waals surface area contributed by atoms with E-state index in [1.807, 2.05) is 19.1 Å². The first-order valence-electron chi connectivity index (χ1n) is 4.60. The summed E-state index contributed by atoms with van der Waals surface area (Å²) in [5.41, 5.74) is 1.68. The predicted octanol–water partition coefficient (Wildman–Crippen LogP) is 2.37. The number of carbonyl (C=O) groups excluding carboxylic acids is 2. The SMILES string of the molecule is Cc1ccc(N[C@H]2SC(=O)NC2=O)cc1Cl. The van der Waals surface area contributed by atoms with Crippen molar-refractivity contribution in [2.75, 3.05) is 5.32 Å². The highest BCUT2D eigenvalue weighted by atomic mass is 35.5. The molecule has 2 N–H and O–H groups in total. The van der Waals surface area contributed by atoms with Crippen LogP contribution in [-0.2, 0) is 4.79 Å². The zero-order valence-corrected chi connectivity index (χ0v) is 9.98. The Morgan fingerprint density at radius 3 is 2.75 bits per heavy atom. The van der Waals surface area contributed by atoms with Crippen LogP contribution in [0.5, 0.6) is 0 Å². The number of nitrogens with one attached hydrogen (secondary N) is 2. The molecule has 16 heavy (non-hydrogen) atoms. The molecule has 4 nitrogen and oxygen atoms in total. The first-order chi connectivity index (χ1) is 7.56. The molecule has 1 saturated heterocycles. The largest absolute Gasteiger partial charge is 0.365 e. The van der Waals surface area contributed by atoms with Gasteiger partial charge in [0, 0.05) is 10.7 Å². The van der Waals surface area contributed by atoms with Crippen LogP contribution in [0.1, 0.15) is 5.56 Å². The minimum Gasteiger partial charge on any atom is -0.365 e. The lowest BCUT2D eigenvalue weighted by molar-refractivity contribution is -0.118. The molecule has 0 radical (unpaired) electrons. The number of aryl methyl sites for hydroxylation is 1. The molecule has 0 bridgehead atoms. The van der Waals surface area contributed by atoms with Gasteiger partial charge >= 0.3 is 0 Å².